The molecule has 0 N–H and O–H groups in total. The van der Waals surface area contributed by atoms with E-state index in [2.05, 4.69) is 54.3 Å². The number of hydrogen-bond acceptors (Lipinski definition) is 3. The normalized spacial score (nSPS) is 15.8. The van der Waals surface area contributed by atoms with Gasteiger partial charge in [0.1, 0.15) is 0 Å². The molecule has 1 heterocycles. The molecule has 0 saturated heterocycles. The zero-order valence-corrected chi connectivity index (χ0v) is 14.2. The number of methoxy groups -OCH3 is 2. The first-order valence-corrected chi connectivity index (χ1v) is 8.22. The quantitative estimate of drug-likeness (QED) is 0.837. The summed E-state index contributed by atoms with van der Waals surface area (Å²) in [6.45, 7) is 5.46. The van der Waals surface area contributed by atoms with Gasteiger partial charge in [0.2, 0.25) is 0 Å². The van der Waals surface area contributed by atoms with Crippen molar-refractivity contribution in [3.05, 3.63) is 59.2 Å². The molecule has 1 aliphatic rings. The van der Waals surface area contributed by atoms with Crippen molar-refractivity contribution < 1.29 is 9.47 Å². The highest BCUT2D eigenvalue weighted by molar-refractivity contribution is 5.48. The molecule has 3 heteroatoms. The van der Waals surface area contributed by atoms with Crippen molar-refractivity contribution >= 4 is 0 Å². The number of rotatable bonds is 5. The van der Waals surface area contributed by atoms with E-state index in [1.165, 1.54) is 16.7 Å². The zero-order valence-electron chi connectivity index (χ0n) is 14.2. The molecule has 122 valence electrons. The predicted octanol–water partition coefficient (Wildman–Crippen LogP) is 3.87. The molecule has 23 heavy (non-hydrogen) atoms. The first kappa shape index (κ1) is 15.9. The monoisotopic (exact) mass is 311 g/mol. The Morgan fingerprint density at radius 1 is 1.00 bits per heavy atom. The third-order valence-electron chi connectivity index (χ3n) is 4.70. The van der Waals surface area contributed by atoms with Gasteiger partial charge >= 0.3 is 0 Å². The van der Waals surface area contributed by atoms with Crippen LogP contribution in [0.25, 0.3) is 0 Å². The lowest BCUT2D eigenvalue weighted by Gasteiger charge is -2.31. The molecule has 0 fully saturated rings. The van der Waals surface area contributed by atoms with Crippen molar-refractivity contribution in [2.45, 2.75) is 25.8 Å². The van der Waals surface area contributed by atoms with Crippen LogP contribution in [0.3, 0.4) is 0 Å². The van der Waals surface area contributed by atoms with Crippen molar-refractivity contribution in [3.63, 3.8) is 0 Å². The highest BCUT2D eigenvalue weighted by atomic mass is 16.5. The Morgan fingerprint density at radius 2 is 1.65 bits per heavy atom. The lowest BCUT2D eigenvalue weighted by atomic mass is 9.96. The summed E-state index contributed by atoms with van der Waals surface area (Å²) < 4.78 is 10.9. The molecule has 1 aliphatic heterocycles. The van der Waals surface area contributed by atoms with Crippen LogP contribution in [0.5, 0.6) is 11.5 Å². The second kappa shape index (κ2) is 7.05. The van der Waals surface area contributed by atoms with E-state index in [0.717, 1.165) is 37.6 Å². The molecule has 1 atom stereocenters. The van der Waals surface area contributed by atoms with Crippen molar-refractivity contribution in [3.8, 4) is 11.5 Å². The second-order valence-electron chi connectivity index (χ2n) is 6.27. The van der Waals surface area contributed by atoms with Crippen LogP contribution in [0.4, 0.5) is 0 Å². The highest BCUT2D eigenvalue weighted by Gasteiger charge is 2.21. The molecule has 0 spiro atoms. The number of hydrogen-bond donors (Lipinski definition) is 0. The first-order chi connectivity index (χ1) is 11.2. The molecule has 2 aromatic rings. The number of ether oxygens (including phenoxy) is 2. The largest absolute Gasteiger partial charge is 0.493 e. The molecule has 0 unspecified atom stereocenters. The minimum absolute atomic E-state index is 0.540. The maximum Gasteiger partial charge on any atom is 0.161 e. The summed E-state index contributed by atoms with van der Waals surface area (Å²) in [4.78, 5) is 2.53. The standard InChI is InChI=1S/C20H25NO2/c1-15(16-7-5-4-6-8-16)13-21-10-9-17-11-19(22-2)20(23-3)12-18(17)14-21/h4-8,11-12,15H,9-10,13-14H2,1-3H3/t15-/m1/s1. The molecule has 0 saturated carbocycles. The number of nitrogens with zero attached hydrogens (tertiary/aromatic N) is 1. The zero-order chi connectivity index (χ0) is 16.2. The van der Waals surface area contributed by atoms with Crippen molar-refractivity contribution in [1.82, 2.24) is 4.90 Å². The van der Waals surface area contributed by atoms with Crippen LogP contribution in [0.2, 0.25) is 0 Å². The van der Waals surface area contributed by atoms with E-state index in [9.17, 15) is 0 Å². The molecule has 2 aromatic carbocycles. The minimum Gasteiger partial charge on any atom is -0.493 e. The highest BCUT2D eigenvalue weighted by Crippen LogP contribution is 2.33. The average molecular weight is 311 g/mol. The van der Waals surface area contributed by atoms with Crippen LogP contribution < -0.4 is 9.47 Å². The molecular weight excluding hydrogens is 286 g/mol. The average Bonchev–Trinajstić information content (AvgIpc) is 2.61. The molecule has 0 amide bonds. The molecule has 0 radical (unpaired) electrons. The van der Waals surface area contributed by atoms with Crippen molar-refractivity contribution in [1.29, 1.82) is 0 Å². The van der Waals surface area contributed by atoms with Gasteiger partial charge in [-0.2, -0.15) is 0 Å². The van der Waals surface area contributed by atoms with Crippen LogP contribution >= 0.6 is 0 Å². The van der Waals surface area contributed by atoms with Crippen LogP contribution in [-0.2, 0) is 13.0 Å². The van der Waals surface area contributed by atoms with Gasteiger partial charge in [0.25, 0.3) is 0 Å². The fourth-order valence-electron chi connectivity index (χ4n) is 3.37. The van der Waals surface area contributed by atoms with Gasteiger partial charge in [0, 0.05) is 19.6 Å². The smallest absolute Gasteiger partial charge is 0.161 e. The van der Waals surface area contributed by atoms with E-state index in [-0.39, 0.29) is 0 Å². The van der Waals surface area contributed by atoms with Crippen molar-refractivity contribution in [2.24, 2.45) is 0 Å². The van der Waals surface area contributed by atoms with Crippen LogP contribution in [0.15, 0.2) is 42.5 Å². The Balaban J connectivity index is 1.72. The third kappa shape index (κ3) is 3.50. The summed E-state index contributed by atoms with van der Waals surface area (Å²) >= 11 is 0. The molecule has 0 bridgehead atoms. The maximum atomic E-state index is 5.44. The summed E-state index contributed by atoms with van der Waals surface area (Å²) in [5.74, 6) is 2.19. The topological polar surface area (TPSA) is 21.7 Å². The van der Waals surface area contributed by atoms with Gasteiger partial charge in [-0.25, -0.2) is 0 Å². The van der Waals surface area contributed by atoms with E-state index in [1.807, 2.05) is 0 Å². The van der Waals surface area contributed by atoms with Crippen LogP contribution in [-0.4, -0.2) is 32.2 Å². The lowest BCUT2D eigenvalue weighted by Crippen LogP contribution is -2.33. The maximum absolute atomic E-state index is 5.44. The van der Waals surface area contributed by atoms with Gasteiger partial charge in [0.05, 0.1) is 14.2 Å². The third-order valence-corrected chi connectivity index (χ3v) is 4.70. The summed E-state index contributed by atoms with van der Waals surface area (Å²) in [6, 6.07) is 15.0. The number of fused-ring (bicyclic) bond motifs is 1. The summed E-state index contributed by atoms with van der Waals surface area (Å²) in [6.07, 6.45) is 1.07. The molecule has 3 nitrogen and oxygen atoms in total. The van der Waals surface area contributed by atoms with E-state index >= 15 is 0 Å². The summed E-state index contributed by atoms with van der Waals surface area (Å²) in [5.41, 5.74) is 4.14. The Hall–Kier alpha value is -2.00. The minimum atomic E-state index is 0.540. The van der Waals surface area contributed by atoms with E-state index in [0.29, 0.717) is 5.92 Å². The summed E-state index contributed by atoms with van der Waals surface area (Å²) in [7, 11) is 3.39. The van der Waals surface area contributed by atoms with Crippen molar-refractivity contribution in [2.75, 3.05) is 27.3 Å². The molecule has 3 rings (SSSR count). The van der Waals surface area contributed by atoms with Gasteiger partial charge in [-0.1, -0.05) is 37.3 Å². The van der Waals surface area contributed by atoms with Gasteiger partial charge in [0.15, 0.2) is 11.5 Å². The van der Waals surface area contributed by atoms with E-state index < -0.39 is 0 Å². The Labute approximate surface area is 138 Å². The van der Waals surface area contributed by atoms with Gasteiger partial charge in [-0.15, -0.1) is 0 Å². The fourth-order valence-corrected chi connectivity index (χ4v) is 3.37. The lowest BCUT2D eigenvalue weighted by molar-refractivity contribution is 0.240. The second-order valence-corrected chi connectivity index (χ2v) is 6.27. The molecule has 0 aromatic heterocycles. The van der Waals surface area contributed by atoms with Gasteiger partial charge < -0.3 is 9.47 Å². The van der Waals surface area contributed by atoms with Crippen LogP contribution in [0, 0.1) is 0 Å². The Kier molecular flexibility index (Phi) is 4.87. The predicted molar refractivity (Wildman–Crippen MR) is 93.4 cm³/mol. The molecule has 0 aliphatic carbocycles. The Morgan fingerprint density at radius 3 is 2.30 bits per heavy atom. The van der Waals surface area contributed by atoms with Crippen LogP contribution in [0.1, 0.15) is 29.5 Å². The van der Waals surface area contributed by atoms with E-state index in [4.69, 9.17) is 9.47 Å². The van der Waals surface area contributed by atoms with Gasteiger partial charge in [-0.3, -0.25) is 4.90 Å². The first-order valence-electron chi connectivity index (χ1n) is 8.22. The van der Waals surface area contributed by atoms with E-state index in [1.54, 1.807) is 14.2 Å². The SMILES string of the molecule is COc1cc2c(cc1OC)CN(C[C@@H](C)c1ccccc1)CC2. The fraction of sp³-hybridized carbons (Fsp3) is 0.400. The summed E-state index contributed by atoms with van der Waals surface area (Å²) in [5, 5.41) is 0. The molecular formula is C20H25NO2. The van der Waals surface area contributed by atoms with Gasteiger partial charge in [-0.05, 0) is 41.2 Å². The number of benzene rings is 2. The Bertz CT molecular complexity index is 654.